The number of benzene rings is 2. The third-order valence-corrected chi connectivity index (χ3v) is 5.73. The quantitative estimate of drug-likeness (QED) is 0.891. The summed E-state index contributed by atoms with van der Waals surface area (Å²) in [6.45, 7) is 2.01. The molecule has 3 heteroatoms. The second kappa shape index (κ2) is 6.46. The van der Waals surface area contributed by atoms with Crippen LogP contribution >= 0.6 is 0 Å². The van der Waals surface area contributed by atoms with Crippen LogP contribution in [0.1, 0.15) is 39.0 Å². The van der Waals surface area contributed by atoms with Crippen LogP contribution in [0.4, 0.5) is 0 Å². The Labute approximate surface area is 143 Å². The first-order valence-corrected chi connectivity index (χ1v) is 9.18. The molecule has 4 rings (SSSR count). The van der Waals surface area contributed by atoms with E-state index >= 15 is 0 Å². The van der Waals surface area contributed by atoms with E-state index in [9.17, 15) is 4.79 Å². The van der Waals surface area contributed by atoms with Gasteiger partial charge in [0.15, 0.2) is 6.10 Å². The molecule has 2 aliphatic rings. The molecular weight excluding hydrogens is 298 g/mol. The van der Waals surface area contributed by atoms with Crippen molar-refractivity contribution in [1.82, 2.24) is 5.32 Å². The van der Waals surface area contributed by atoms with Crippen molar-refractivity contribution in [2.75, 3.05) is 0 Å². The van der Waals surface area contributed by atoms with Gasteiger partial charge in [0.25, 0.3) is 5.91 Å². The van der Waals surface area contributed by atoms with Crippen LogP contribution in [0.5, 0.6) is 5.75 Å². The molecule has 2 aromatic rings. The van der Waals surface area contributed by atoms with Gasteiger partial charge in [-0.2, -0.15) is 0 Å². The van der Waals surface area contributed by atoms with Gasteiger partial charge in [0.2, 0.25) is 0 Å². The molecule has 2 aliphatic carbocycles. The minimum Gasteiger partial charge on any atom is -0.481 e. The predicted molar refractivity (Wildman–Crippen MR) is 96.0 cm³/mol. The lowest BCUT2D eigenvalue weighted by molar-refractivity contribution is -0.129. The van der Waals surface area contributed by atoms with Gasteiger partial charge in [-0.3, -0.25) is 4.79 Å². The minimum atomic E-state index is -0.412. The second-order valence-electron chi connectivity index (χ2n) is 7.31. The van der Waals surface area contributed by atoms with E-state index in [1.165, 1.54) is 24.6 Å². The van der Waals surface area contributed by atoms with Crippen molar-refractivity contribution < 1.29 is 9.53 Å². The maximum Gasteiger partial charge on any atom is 0.261 e. The van der Waals surface area contributed by atoms with Crippen LogP contribution < -0.4 is 10.1 Å². The first kappa shape index (κ1) is 15.5. The largest absolute Gasteiger partial charge is 0.481 e. The Kier molecular flexibility index (Phi) is 4.17. The maximum atomic E-state index is 12.6. The van der Waals surface area contributed by atoms with Crippen LogP contribution in [0.2, 0.25) is 0 Å². The molecule has 3 nitrogen and oxygen atoms in total. The summed E-state index contributed by atoms with van der Waals surface area (Å²) in [5, 5.41) is 5.58. The lowest BCUT2D eigenvalue weighted by Crippen LogP contribution is -2.45. The molecule has 0 heterocycles. The van der Waals surface area contributed by atoms with Crippen LogP contribution in [0, 0.1) is 11.8 Å². The van der Waals surface area contributed by atoms with Gasteiger partial charge in [0.1, 0.15) is 5.75 Å². The highest BCUT2D eigenvalue weighted by Gasteiger charge is 2.40. The SMILES string of the molecule is CC[C@@H](Oc1ccc2ccccc2c1)C(=O)N[C@H]1C[C@H]2CC[C@H]1C2. The van der Waals surface area contributed by atoms with Gasteiger partial charge in [0, 0.05) is 6.04 Å². The highest BCUT2D eigenvalue weighted by atomic mass is 16.5. The number of carbonyl (C=O) groups is 1. The van der Waals surface area contributed by atoms with Gasteiger partial charge in [-0.1, -0.05) is 43.7 Å². The number of hydrogen-bond acceptors (Lipinski definition) is 2. The highest BCUT2D eigenvalue weighted by Crippen LogP contribution is 2.44. The van der Waals surface area contributed by atoms with E-state index in [1.807, 2.05) is 37.3 Å². The molecule has 0 saturated heterocycles. The second-order valence-corrected chi connectivity index (χ2v) is 7.31. The van der Waals surface area contributed by atoms with Gasteiger partial charge < -0.3 is 10.1 Å². The Bertz CT molecular complexity index is 741. The molecule has 1 N–H and O–H groups in total. The van der Waals surface area contributed by atoms with Crippen molar-refractivity contribution in [2.45, 2.75) is 51.2 Å². The third kappa shape index (κ3) is 3.00. The Morgan fingerprint density at radius 1 is 1.17 bits per heavy atom. The summed E-state index contributed by atoms with van der Waals surface area (Å²) in [6.07, 6.45) is 5.35. The van der Waals surface area contributed by atoms with E-state index in [2.05, 4.69) is 17.4 Å². The molecule has 1 amide bonds. The van der Waals surface area contributed by atoms with Gasteiger partial charge >= 0.3 is 0 Å². The lowest BCUT2D eigenvalue weighted by Gasteiger charge is -2.25. The van der Waals surface area contributed by atoms with E-state index in [0.717, 1.165) is 23.5 Å². The molecule has 2 bridgehead atoms. The first-order chi connectivity index (χ1) is 11.7. The van der Waals surface area contributed by atoms with E-state index in [0.29, 0.717) is 18.4 Å². The molecule has 2 fully saturated rings. The summed E-state index contributed by atoms with van der Waals surface area (Å²) >= 11 is 0. The summed E-state index contributed by atoms with van der Waals surface area (Å²) in [4.78, 5) is 12.6. The standard InChI is InChI=1S/C21H25NO2/c1-2-20(21(23)22-19-12-14-7-8-17(19)11-14)24-18-10-9-15-5-3-4-6-16(15)13-18/h3-6,9-10,13-14,17,19-20H,2,7-8,11-12H2,1H3,(H,22,23)/t14-,17-,19-,20+/m0/s1. The summed E-state index contributed by atoms with van der Waals surface area (Å²) in [5.74, 6) is 2.34. The minimum absolute atomic E-state index is 0.0446. The van der Waals surface area contributed by atoms with Crippen molar-refractivity contribution in [2.24, 2.45) is 11.8 Å². The Balaban J connectivity index is 1.43. The zero-order valence-corrected chi connectivity index (χ0v) is 14.2. The van der Waals surface area contributed by atoms with Crippen LogP contribution in [-0.4, -0.2) is 18.1 Å². The molecule has 0 spiro atoms. The average molecular weight is 323 g/mol. The molecule has 4 atom stereocenters. The summed E-state index contributed by atoms with van der Waals surface area (Å²) < 4.78 is 6.01. The zero-order valence-electron chi connectivity index (χ0n) is 14.2. The fraction of sp³-hybridized carbons (Fsp3) is 0.476. The topological polar surface area (TPSA) is 38.3 Å². The molecule has 2 saturated carbocycles. The normalized spacial score (nSPS) is 26.5. The van der Waals surface area contributed by atoms with E-state index in [1.54, 1.807) is 0 Å². The van der Waals surface area contributed by atoms with Gasteiger partial charge in [-0.15, -0.1) is 0 Å². The van der Waals surface area contributed by atoms with Crippen molar-refractivity contribution in [3.8, 4) is 5.75 Å². The van der Waals surface area contributed by atoms with Crippen LogP contribution in [0.3, 0.4) is 0 Å². The van der Waals surface area contributed by atoms with Crippen LogP contribution in [-0.2, 0) is 4.79 Å². The monoisotopic (exact) mass is 323 g/mol. The Hall–Kier alpha value is -2.03. The summed E-state index contributed by atoms with van der Waals surface area (Å²) in [5.41, 5.74) is 0. The molecule has 2 aromatic carbocycles. The predicted octanol–water partition coefficient (Wildman–Crippen LogP) is 4.30. The van der Waals surface area contributed by atoms with Gasteiger partial charge in [-0.05, 0) is 60.4 Å². The summed E-state index contributed by atoms with van der Waals surface area (Å²) in [6, 6.07) is 14.6. The van der Waals surface area contributed by atoms with Crippen LogP contribution in [0.15, 0.2) is 42.5 Å². The van der Waals surface area contributed by atoms with Crippen LogP contribution in [0.25, 0.3) is 10.8 Å². The van der Waals surface area contributed by atoms with Crippen molar-refractivity contribution in [3.05, 3.63) is 42.5 Å². The van der Waals surface area contributed by atoms with E-state index in [-0.39, 0.29) is 5.91 Å². The number of carbonyl (C=O) groups excluding carboxylic acids is 1. The lowest BCUT2D eigenvalue weighted by atomic mass is 9.95. The fourth-order valence-electron chi connectivity index (χ4n) is 4.42. The number of nitrogens with one attached hydrogen (secondary N) is 1. The number of amides is 1. The van der Waals surface area contributed by atoms with Crippen molar-refractivity contribution in [1.29, 1.82) is 0 Å². The molecular formula is C21H25NO2. The highest BCUT2D eigenvalue weighted by molar-refractivity contribution is 5.84. The third-order valence-electron chi connectivity index (χ3n) is 5.73. The number of rotatable bonds is 5. The smallest absolute Gasteiger partial charge is 0.261 e. The zero-order chi connectivity index (χ0) is 16.5. The number of hydrogen-bond donors (Lipinski definition) is 1. The average Bonchev–Trinajstić information content (AvgIpc) is 3.22. The van der Waals surface area contributed by atoms with Crippen molar-refractivity contribution >= 4 is 16.7 Å². The molecule has 24 heavy (non-hydrogen) atoms. The van der Waals surface area contributed by atoms with Gasteiger partial charge in [-0.25, -0.2) is 0 Å². The van der Waals surface area contributed by atoms with E-state index < -0.39 is 6.10 Å². The molecule has 0 radical (unpaired) electrons. The van der Waals surface area contributed by atoms with Gasteiger partial charge in [0.05, 0.1) is 0 Å². The summed E-state index contributed by atoms with van der Waals surface area (Å²) in [7, 11) is 0. The molecule has 0 unspecified atom stereocenters. The fourth-order valence-corrected chi connectivity index (χ4v) is 4.42. The molecule has 126 valence electrons. The first-order valence-electron chi connectivity index (χ1n) is 9.18. The number of ether oxygens (including phenoxy) is 1. The maximum absolute atomic E-state index is 12.6. The Morgan fingerprint density at radius 2 is 2.00 bits per heavy atom. The van der Waals surface area contributed by atoms with Crippen molar-refractivity contribution in [3.63, 3.8) is 0 Å². The number of fused-ring (bicyclic) bond motifs is 3. The Morgan fingerprint density at radius 3 is 2.71 bits per heavy atom. The molecule has 0 aromatic heterocycles. The van der Waals surface area contributed by atoms with E-state index in [4.69, 9.17) is 4.74 Å². The molecule has 0 aliphatic heterocycles.